The molecule has 3 nitrogen and oxygen atoms in total. The Morgan fingerprint density at radius 2 is 1.15 bits per heavy atom. The molecule has 1 rings (SSSR count). The van der Waals surface area contributed by atoms with Gasteiger partial charge in [0.25, 0.3) is 0 Å². The van der Waals surface area contributed by atoms with Crippen molar-refractivity contribution in [3.05, 3.63) is 42.0 Å². The predicted octanol–water partition coefficient (Wildman–Crippen LogP) is 7.40. The van der Waals surface area contributed by atoms with Crippen LogP contribution in [0.3, 0.4) is 0 Å². The summed E-state index contributed by atoms with van der Waals surface area (Å²) in [5.74, 6) is -50.7. The highest BCUT2D eigenvalue weighted by atomic mass is 19.4. The van der Waals surface area contributed by atoms with Gasteiger partial charge in [0.2, 0.25) is 0 Å². The molecule has 1 aromatic rings. The maximum Gasteiger partial charge on any atom is 0.460 e. The molecule has 224 valence electrons. The molecule has 0 aromatic heterocycles. The first-order valence-corrected chi connectivity index (χ1v) is 9.76. The Kier molecular flexibility index (Phi) is 9.27. The Bertz CT molecular complexity index is 1030. The summed E-state index contributed by atoms with van der Waals surface area (Å²) in [6.07, 6.45) is -12.9. The topological polar surface area (TPSA) is 35.5 Å². The van der Waals surface area contributed by atoms with E-state index >= 15 is 0 Å². The fourth-order valence-corrected chi connectivity index (χ4v) is 2.43. The second kappa shape index (κ2) is 10.6. The average Bonchev–Trinajstić information content (AvgIpc) is 2.78. The molecule has 0 amide bonds. The van der Waals surface area contributed by atoms with Crippen molar-refractivity contribution in [2.45, 2.75) is 61.4 Å². The number of benzene rings is 1. The van der Waals surface area contributed by atoms with Crippen LogP contribution in [0.15, 0.2) is 36.4 Å². The van der Waals surface area contributed by atoms with E-state index in [1.807, 2.05) is 0 Å². The highest BCUT2D eigenvalue weighted by Crippen LogP contribution is 2.62. The van der Waals surface area contributed by atoms with Crippen molar-refractivity contribution in [1.82, 2.24) is 0 Å². The van der Waals surface area contributed by atoms with Crippen LogP contribution in [0.5, 0.6) is 5.75 Å². The van der Waals surface area contributed by atoms with E-state index in [0.717, 1.165) is 12.1 Å². The molecule has 19 heteroatoms. The zero-order chi connectivity index (χ0) is 31.0. The molecule has 0 fully saturated rings. The fraction of sp³-hybridized carbons (Fsp3) is 0.550. The molecule has 0 aliphatic rings. The molecule has 0 radical (unpaired) electrons. The molecular formula is C20H14F16O3. The van der Waals surface area contributed by atoms with Gasteiger partial charge < -0.3 is 9.47 Å². The van der Waals surface area contributed by atoms with E-state index in [4.69, 9.17) is 4.74 Å². The van der Waals surface area contributed by atoms with E-state index in [9.17, 15) is 75.0 Å². The summed E-state index contributed by atoms with van der Waals surface area (Å²) < 4.78 is 220. The second-order valence-corrected chi connectivity index (χ2v) is 7.74. The molecule has 1 atom stereocenters. The average molecular weight is 606 g/mol. The van der Waals surface area contributed by atoms with E-state index in [1.54, 1.807) is 0 Å². The third-order valence-corrected chi connectivity index (χ3v) is 4.77. The first-order valence-electron chi connectivity index (χ1n) is 9.76. The Labute approximate surface area is 207 Å². The first kappa shape index (κ1) is 34.1. The van der Waals surface area contributed by atoms with Crippen LogP contribution in [0, 0.1) is 0 Å². The Balaban J connectivity index is 3.20. The van der Waals surface area contributed by atoms with Crippen LogP contribution >= 0.6 is 0 Å². The van der Waals surface area contributed by atoms with Crippen LogP contribution in [0.4, 0.5) is 70.2 Å². The normalized spacial score (nSPS) is 15.1. The van der Waals surface area contributed by atoms with Crippen molar-refractivity contribution in [3.8, 4) is 5.75 Å². The highest BCUT2D eigenvalue weighted by molar-refractivity contribution is 5.86. The maximum absolute atomic E-state index is 13.9. The third-order valence-electron chi connectivity index (χ3n) is 4.77. The molecular weight excluding hydrogens is 592 g/mol. The van der Waals surface area contributed by atoms with E-state index in [2.05, 4.69) is 11.3 Å². The SMILES string of the molecule is C=C(C)C(=O)OCCc1ccc(OC(F)C(F)(F)C(F)(F)C(F)(F)C(F)(F)C(F)(F)C(F)(F)C(F)(F)F)cc1. The molecule has 0 aliphatic heterocycles. The predicted molar refractivity (Wildman–Crippen MR) is 97.2 cm³/mol. The summed E-state index contributed by atoms with van der Waals surface area (Å²) in [5.41, 5.74) is 0.204. The zero-order valence-electron chi connectivity index (χ0n) is 18.8. The number of rotatable bonds is 12. The quantitative estimate of drug-likeness (QED) is 0.141. The molecule has 0 saturated carbocycles. The van der Waals surface area contributed by atoms with Gasteiger partial charge in [-0.1, -0.05) is 18.7 Å². The lowest BCUT2D eigenvalue weighted by Gasteiger charge is -2.41. The monoisotopic (exact) mass is 606 g/mol. The van der Waals surface area contributed by atoms with Crippen LogP contribution in [-0.4, -0.2) is 60.6 Å². The van der Waals surface area contributed by atoms with Gasteiger partial charge in [-0.25, -0.2) is 4.79 Å². The molecule has 0 bridgehead atoms. The van der Waals surface area contributed by atoms with Crippen molar-refractivity contribution in [3.63, 3.8) is 0 Å². The number of esters is 1. The third kappa shape index (κ3) is 5.85. The molecule has 1 aromatic carbocycles. The van der Waals surface area contributed by atoms with Gasteiger partial charge in [0, 0.05) is 12.0 Å². The summed E-state index contributed by atoms with van der Waals surface area (Å²) >= 11 is 0. The van der Waals surface area contributed by atoms with E-state index in [0.29, 0.717) is 12.1 Å². The van der Waals surface area contributed by atoms with Gasteiger partial charge in [-0.2, -0.15) is 70.2 Å². The fourth-order valence-electron chi connectivity index (χ4n) is 2.43. The van der Waals surface area contributed by atoms with E-state index in [-0.39, 0.29) is 24.2 Å². The molecule has 0 aliphatic carbocycles. The van der Waals surface area contributed by atoms with Crippen molar-refractivity contribution < 1.29 is 84.5 Å². The van der Waals surface area contributed by atoms with Gasteiger partial charge >= 0.3 is 54.0 Å². The Hall–Kier alpha value is -2.89. The van der Waals surface area contributed by atoms with Crippen molar-refractivity contribution in [1.29, 1.82) is 0 Å². The maximum atomic E-state index is 13.9. The number of carbonyl (C=O) groups excluding carboxylic acids is 1. The smallest absolute Gasteiger partial charge is 0.460 e. The van der Waals surface area contributed by atoms with Crippen LogP contribution in [0.2, 0.25) is 0 Å². The number of carbonyl (C=O) groups is 1. The molecule has 1 unspecified atom stereocenters. The minimum atomic E-state index is -8.53. The lowest BCUT2D eigenvalue weighted by molar-refractivity contribution is -0.457. The molecule has 0 spiro atoms. The zero-order valence-corrected chi connectivity index (χ0v) is 18.8. The number of alkyl halides is 16. The Morgan fingerprint density at radius 3 is 1.56 bits per heavy atom. The molecule has 39 heavy (non-hydrogen) atoms. The number of ether oxygens (including phenoxy) is 2. The minimum Gasteiger partial charge on any atom is -0.462 e. The largest absolute Gasteiger partial charge is 0.462 e. The number of hydrogen-bond acceptors (Lipinski definition) is 3. The van der Waals surface area contributed by atoms with Gasteiger partial charge in [-0.05, 0) is 24.6 Å². The molecule has 0 N–H and O–H groups in total. The van der Waals surface area contributed by atoms with E-state index < -0.39 is 59.8 Å². The van der Waals surface area contributed by atoms with Crippen LogP contribution in [0.1, 0.15) is 12.5 Å². The molecule has 0 heterocycles. The summed E-state index contributed by atoms with van der Waals surface area (Å²) in [6.45, 7) is 4.29. The summed E-state index contributed by atoms with van der Waals surface area (Å²) in [4.78, 5) is 11.2. The van der Waals surface area contributed by atoms with Gasteiger partial charge in [-0.3, -0.25) is 0 Å². The lowest BCUT2D eigenvalue weighted by atomic mass is 9.91. The van der Waals surface area contributed by atoms with E-state index in [1.165, 1.54) is 6.92 Å². The molecule has 0 saturated heterocycles. The van der Waals surface area contributed by atoms with Crippen molar-refractivity contribution in [2.75, 3.05) is 6.61 Å². The van der Waals surface area contributed by atoms with Crippen LogP contribution < -0.4 is 4.74 Å². The van der Waals surface area contributed by atoms with Gasteiger partial charge in [0.15, 0.2) is 0 Å². The van der Waals surface area contributed by atoms with Crippen LogP contribution in [-0.2, 0) is 16.0 Å². The summed E-state index contributed by atoms with van der Waals surface area (Å²) in [5, 5.41) is 0. The van der Waals surface area contributed by atoms with Gasteiger partial charge in [0.1, 0.15) is 5.75 Å². The number of hydrogen-bond donors (Lipinski definition) is 0. The van der Waals surface area contributed by atoms with Crippen molar-refractivity contribution in [2.24, 2.45) is 0 Å². The highest BCUT2D eigenvalue weighted by Gasteiger charge is 2.94. The van der Waals surface area contributed by atoms with Crippen LogP contribution in [0.25, 0.3) is 0 Å². The second-order valence-electron chi connectivity index (χ2n) is 7.74. The van der Waals surface area contributed by atoms with Gasteiger partial charge in [0.05, 0.1) is 6.61 Å². The minimum absolute atomic E-state index is 0.0200. The summed E-state index contributed by atoms with van der Waals surface area (Å²) in [7, 11) is 0. The summed E-state index contributed by atoms with van der Waals surface area (Å²) in [6, 6.07) is 2.86. The van der Waals surface area contributed by atoms with Crippen molar-refractivity contribution >= 4 is 5.97 Å². The lowest BCUT2D eigenvalue weighted by Crippen LogP contribution is -2.73. The Morgan fingerprint density at radius 1 is 0.744 bits per heavy atom. The number of halogens is 16. The standard InChI is InChI=1S/C20H14F16O3/c1-9(2)12(37)38-8-7-10-3-5-11(6-4-10)39-13(21)14(22,23)15(24,25)16(26,27)17(28,29)18(30,31)19(32,33)20(34,35)36/h3-6,13H,1,7-8H2,2H3. The van der Waals surface area contributed by atoms with Gasteiger partial charge in [-0.15, -0.1) is 0 Å². The first-order chi connectivity index (χ1) is 17.2.